The van der Waals surface area contributed by atoms with Gasteiger partial charge in [-0.1, -0.05) is 18.2 Å². The van der Waals surface area contributed by atoms with Crippen molar-refractivity contribution in [2.24, 2.45) is 0 Å². The van der Waals surface area contributed by atoms with Crippen molar-refractivity contribution in [3.05, 3.63) is 53.9 Å². The molecule has 1 aromatic heterocycles. The standard InChI is InChI=1S/C15H12N2O3S/c18-14(13-7-9-3-1-2-4-12(9)21-13)17-10-5-6-16-11(8-10)15(19)20/h1-6,8,13H,7H2,(H,19,20)(H,16,17,18). The number of nitrogens with one attached hydrogen (secondary N) is 1. The van der Waals surface area contributed by atoms with Crippen LogP contribution < -0.4 is 5.32 Å². The normalized spacial score (nSPS) is 16.3. The molecule has 6 heteroatoms. The van der Waals surface area contributed by atoms with Crippen LogP contribution in [-0.2, 0) is 11.2 Å². The molecule has 0 saturated carbocycles. The predicted octanol–water partition coefficient (Wildman–Crippen LogP) is 2.44. The van der Waals surface area contributed by atoms with Gasteiger partial charge in [0.05, 0.1) is 5.25 Å². The third-order valence-electron chi connectivity index (χ3n) is 3.19. The van der Waals surface area contributed by atoms with Crippen LogP contribution in [0.1, 0.15) is 16.1 Å². The molecular weight excluding hydrogens is 288 g/mol. The minimum Gasteiger partial charge on any atom is -0.477 e. The van der Waals surface area contributed by atoms with Gasteiger partial charge in [0.25, 0.3) is 0 Å². The lowest BCUT2D eigenvalue weighted by molar-refractivity contribution is -0.115. The Morgan fingerprint density at radius 3 is 2.86 bits per heavy atom. The maximum Gasteiger partial charge on any atom is 0.354 e. The quantitative estimate of drug-likeness (QED) is 0.910. The van der Waals surface area contributed by atoms with E-state index in [0.717, 1.165) is 4.90 Å². The van der Waals surface area contributed by atoms with E-state index in [0.29, 0.717) is 12.1 Å². The van der Waals surface area contributed by atoms with E-state index in [4.69, 9.17) is 5.11 Å². The average molecular weight is 300 g/mol. The summed E-state index contributed by atoms with van der Waals surface area (Å²) in [6.45, 7) is 0. The number of benzene rings is 1. The van der Waals surface area contributed by atoms with Gasteiger partial charge in [0.2, 0.25) is 5.91 Å². The molecule has 0 aliphatic carbocycles. The zero-order valence-electron chi connectivity index (χ0n) is 10.9. The highest BCUT2D eigenvalue weighted by molar-refractivity contribution is 8.01. The minimum atomic E-state index is -1.12. The number of pyridine rings is 1. The molecule has 106 valence electrons. The first kappa shape index (κ1) is 13.6. The summed E-state index contributed by atoms with van der Waals surface area (Å²) in [6, 6.07) is 10.9. The topological polar surface area (TPSA) is 79.3 Å². The summed E-state index contributed by atoms with van der Waals surface area (Å²) < 4.78 is 0. The van der Waals surface area contributed by atoms with Crippen molar-refractivity contribution in [1.29, 1.82) is 0 Å². The molecule has 2 N–H and O–H groups in total. The summed E-state index contributed by atoms with van der Waals surface area (Å²) in [4.78, 5) is 28.0. The van der Waals surface area contributed by atoms with E-state index in [-0.39, 0.29) is 16.9 Å². The summed E-state index contributed by atoms with van der Waals surface area (Å²) in [5.74, 6) is -1.24. The van der Waals surface area contributed by atoms with E-state index in [9.17, 15) is 9.59 Å². The SMILES string of the molecule is O=C(O)c1cc(NC(=O)C2Cc3ccccc3S2)ccn1. The fourth-order valence-electron chi connectivity index (χ4n) is 2.18. The number of fused-ring (bicyclic) bond motifs is 1. The Labute approximate surface area is 125 Å². The fraction of sp³-hybridized carbons (Fsp3) is 0.133. The maximum absolute atomic E-state index is 12.3. The Balaban J connectivity index is 1.71. The molecule has 5 nitrogen and oxygen atoms in total. The molecule has 1 atom stereocenters. The smallest absolute Gasteiger partial charge is 0.354 e. The van der Waals surface area contributed by atoms with Crippen molar-refractivity contribution in [3.63, 3.8) is 0 Å². The molecule has 1 aliphatic rings. The number of nitrogens with zero attached hydrogens (tertiary/aromatic N) is 1. The second-order valence-electron chi connectivity index (χ2n) is 4.64. The number of carboxylic acids is 1. The Bertz CT molecular complexity index is 693. The molecule has 3 rings (SSSR count). The van der Waals surface area contributed by atoms with Gasteiger partial charge in [0.15, 0.2) is 0 Å². The van der Waals surface area contributed by atoms with Gasteiger partial charge in [-0.2, -0.15) is 0 Å². The second-order valence-corrected chi connectivity index (χ2v) is 5.89. The first-order valence-corrected chi connectivity index (χ1v) is 7.26. The predicted molar refractivity (Wildman–Crippen MR) is 79.6 cm³/mol. The van der Waals surface area contributed by atoms with E-state index < -0.39 is 5.97 Å². The molecular formula is C15H12N2O3S. The third kappa shape index (κ3) is 2.90. The van der Waals surface area contributed by atoms with Crippen molar-refractivity contribution in [2.75, 3.05) is 5.32 Å². The van der Waals surface area contributed by atoms with Gasteiger partial charge in [-0.15, -0.1) is 11.8 Å². The van der Waals surface area contributed by atoms with E-state index in [1.54, 1.807) is 6.07 Å². The van der Waals surface area contributed by atoms with Crippen molar-refractivity contribution >= 4 is 29.3 Å². The van der Waals surface area contributed by atoms with Gasteiger partial charge in [-0.3, -0.25) is 4.79 Å². The molecule has 0 saturated heterocycles. The molecule has 2 heterocycles. The summed E-state index contributed by atoms with van der Waals surface area (Å²) in [5, 5.41) is 11.5. The van der Waals surface area contributed by atoms with Gasteiger partial charge < -0.3 is 10.4 Å². The number of carboxylic acid groups (broad SMARTS) is 1. The lowest BCUT2D eigenvalue weighted by Crippen LogP contribution is -2.24. The highest BCUT2D eigenvalue weighted by atomic mass is 32.2. The number of hydrogen-bond acceptors (Lipinski definition) is 4. The van der Waals surface area contributed by atoms with Crippen molar-refractivity contribution < 1.29 is 14.7 Å². The van der Waals surface area contributed by atoms with E-state index in [1.165, 1.54) is 29.6 Å². The molecule has 1 aliphatic heterocycles. The van der Waals surface area contributed by atoms with Crippen LogP contribution in [0, 0.1) is 0 Å². The largest absolute Gasteiger partial charge is 0.477 e. The van der Waals surface area contributed by atoms with Crippen LogP contribution >= 0.6 is 11.8 Å². The number of anilines is 1. The molecule has 0 radical (unpaired) electrons. The van der Waals surface area contributed by atoms with Gasteiger partial charge in [0.1, 0.15) is 5.69 Å². The van der Waals surface area contributed by atoms with Crippen molar-refractivity contribution in [2.45, 2.75) is 16.6 Å². The van der Waals surface area contributed by atoms with Crippen LogP contribution in [0.2, 0.25) is 0 Å². The summed E-state index contributed by atoms with van der Waals surface area (Å²) in [6.07, 6.45) is 2.05. The highest BCUT2D eigenvalue weighted by Gasteiger charge is 2.28. The lowest BCUT2D eigenvalue weighted by atomic mass is 10.1. The summed E-state index contributed by atoms with van der Waals surface area (Å²) >= 11 is 1.53. The minimum absolute atomic E-state index is 0.0878. The number of rotatable bonds is 3. The summed E-state index contributed by atoms with van der Waals surface area (Å²) in [5.41, 5.74) is 1.53. The third-order valence-corrected chi connectivity index (χ3v) is 4.50. The molecule has 1 aromatic carbocycles. The van der Waals surface area contributed by atoms with Crippen LogP contribution in [0.25, 0.3) is 0 Å². The van der Waals surface area contributed by atoms with Crippen molar-refractivity contribution in [3.8, 4) is 0 Å². The fourth-order valence-corrected chi connectivity index (χ4v) is 3.37. The number of hydrogen-bond donors (Lipinski definition) is 2. The Morgan fingerprint density at radius 2 is 2.10 bits per heavy atom. The number of carbonyl (C=O) groups excluding carboxylic acids is 1. The summed E-state index contributed by atoms with van der Waals surface area (Å²) in [7, 11) is 0. The van der Waals surface area contributed by atoms with Gasteiger partial charge in [-0.05, 0) is 30.2 Å². The monoisotopic (exact) mass is 300 g/mol. The van der Waals surface area contributed by atoms with Crippen LogP contribution in [-0.4, -0.2) is 27.2 Å². The van der Waals surface area contributed by atoms with E-state index in [1.807, 2.05) is 24.3 Å². The Kier molecular flexibility index (Phi) is 3.62. The lowest BCUT2D eigenvalue weighted by Gasteiger charge is -2.10. The number of thioether (sulfide) groups is 1. The van der Waals surface area contributed by atoms with E-state index in [2.05, 4.69) is 10.3 Å². The Morgan fingerprint density at radius 1 is 1.29 bits per heavy atom. The first-order valence-electron chi connectivity index (χ1n) is 6.38. The molecule has 2 aromatic rings. The maximum atomic E-state index is 12.3. The van der Waals surface area contributed by atoms with Crippen LogP contribution in [0.15, 0.2) is 47.5 Å². The van der Waals surface area contributed by atoms with Gasteiger partial charge in [-0.25, -0.2) is 9.78 Å². The van der Waals surface area contributed by atoms with Gasteiger partial charge in [0, 0.05) is 16.8 Å². The molecule has 0 fully saturated rings. The molecule has 0 bridgehead atoms. The van der Waals surface area contributed by atoms with Crippen LogP contribution in [0.5, 0.6) is 0 Å². The van der Waals surface area contributed by atoms with Crippen LogP contribution in [0.4, 0.5) is 5.69 Å². The Hall–Kier alpha value is -2.34. The molecule has 1 amide bonds. The number of amides is 1. The molecule has 1 unspecified atom stereocenters. The number of carbonyl (C=O) groups is 2. The zero-order valence-corrected chi connectivity index (χ0v) is 11.8. The van der Waals surface area contributed by atoms with E-state index >= 15 is 0 Å². The number of aromatic nitrogens is 1. The molecule has 21 heavy (non-hydrogen) atoms. The highest BCUT2D eigenvalue weighted by Crippen LogP contribution is 2.37. The second kappa shape index (κ2) is 5.57. The first-order chi connectivity index (χ1) is 10.1. The van der Waals surface area contributed by atoms with Crippen LogP contribution in [0.3, 0.4) is 0 Å². The van der Waals surface area contributed by atoms with Crippen molar-refractivity contribution in [1.82, 2.24) is 4.98 Å². The molecule has 0 spiro atoms. The number of aromatic carboxylic acids is 1. The van der Waals surface area contributed by atoms with Gasteiger partial charge >= 0.3 is 5.97 Å². The zero-order chi connectivity index (χ0) is 14.8. The average Bonchev–Trinajstić information content (AvgIpc) is 2.91.